The average molecular weight is 215 g/mol. The summed E-state index contributed by atoms with van der Waals surface area (Å²) in [5, 5.41) is 8.90. The van der Waals surface area contributed by atoms with Gasteiger partial charge in [0.15, 0.2) is 0 Å². The fourth-order valence-electron chi connectivity index (χ4n) is 2.37. The van der Waals surface area contributed by atoms with Crippen molar-refractivity contribution in [1.82, 2.24) is 0 Å². The lowest BCUT2D eigenvalue weighted by Gasteiger charge is -2.07. The van der Waals surface area contributed by atoms with Crippen molar-refractivity contribution in [1.29, 1.82) is 5.26 Å². The van der Waals surface area contributed by atoms with Gasteiger partial charge >= 0.3 is 0 Å². The van der Waals surface area contributed by atoms with E-state index < -0.39 is 0 Å². The van der Waals surface area contributed by atoms with E-state index in [0.717, 1.165) is 11.8 Å². The first-order valence-electron chi connectivity index (χ1n) is 5.75. The van der Waals surface area contributed by atoms with Crippen molar-refractivity contribution in [2.24, 2.45) is 11.8 Å². The minimum Gasteiger partial charge on any atom is -0.495 e. The number of hydrogen-bond donors (Lipinski definition) is 0. The van der Waals surface area contributed by atoms with Crippen molar-refractivity contribution in [3.05, 3.63) is 29.3 Å². The monoisotopic (exact) mass is 215 g/mol. The zero-order chi connectivity index (χ0) is 11.7. The number of nitrogens with zero attached hydrogens (tertiary/aromatic N) is 1. The number of hydrogen-bond acceptors (Lipinski definition) is 2. The van der Waals surface area contributed by atoms with Gasteiger partial charge in [0.25, 0.3) is 0 Å². The van der Waals surface area contributed by atoms with Gasteiger partial charge in [-0.05, 0) is 41.9 Å². The fourth-order valence-corrected chi connectivity index (χ4v) is 2.37. The molecule has 0 heterocycles. The smallest absolute Gasteiger partial charge is 0.136 e. The minimum atomic E-state index is 0.619. The van der Waals surface area contributed by atoms with Gasteiger partial charge < -0.3 is 4.74 Å². The molecular weight excluding hydrogens is 198 g/mol. The van der Waals surface area contributed by atoms with Crippen molar-refractivity contribution in [2.75, 3.05) is 7.11 Å². The molecule has 1 aromatic carbocycles. The number of benzene rings is 1. The molecule has 1 aromatic rings. The van der Waals surface area contributed by atoms with Gasteiger partial charge in [0, 0.05) is 0 Å². The Kier molecular flexibility index (Phi) is 2.87. The topological polar surface area (TPSA) is 33.0 Å². The van der Waals surface area contributed by atoms with Gasteiger partial charge in [-0.3, -0.25) is 0 Å². The maximum absolute atomic E-state index is 8.90. The van der Waals surface area contributed by atoms with Crippen molar-refractivity contribution in [3.63, 3.8) is 0 Å². The van der Waals surface area contributed by atoms with Crippen LogP contribution in [0, 0.1) is 23.2 Å². The van der Waals surface area contributed by atoms with E-state index in [1.54, 1.807) is 7.11 Å². The van der Waals surface area contributed by atoms with Gasteiger partial charge in [-0.15, -0.1) is 0 Å². The van der Waals surface area contributed by atoms with E-state index in [0.29, 0.717) is 17.2 Å². The van der Waals surface area contributed by atoms with Gasteiger partial charge in [0.1, 0.15) is 11.8 Å². The second-order valence-corrected chi connectivity index (χ2v) is 4.82. The first-order chi connectivity index (χ1) is 7.67. The van der Waals surface area contributed by atoms with Crippen LogP contribution in [0.2, 0.25) is 0 Å². The predicted octanol–water partition coefficient (Wildman–Crippen LogP) is 3.33. The van der Waals surface area contributed by atoms with Crippen LogP contribution in [0.25, 0.3) is 0 Å². The lowest BCUT2D eigenvalue weighted by Crippen LogP contribution is -1.94. The number of methoxy groups -OCH3 is 1. The van der Waals surface area contributed by atoms with Crippen LogP contribution in [0.1, 0.15) is 37.3 Å². The summed E-state index contributed by atoms with van der Waals surface area (Å²) >= 11 is 0. The molecule has 0 spiro atoms. The summed E-state index contributed by atoms with van der Waals surface area (Å²) in [6, 6.07) is 8.09. The molecule has 0 radical (unpaired) electrons. The molecule has 16 heavy (non-hydrogen) atoms. The molecule has 1 aliphatic carbocycles. The molecule has 1 saturated carbocycles. The normalized spacial score (nSPS) is 22.9. The second-order valence-electron chi connectivity index (χ2n) is 4.82. The van der Waals surface area contributed by atoms with E-state index in [1.165, 1.54) is 12.0 Å². The number of ether oxygens (including phenoxy) is 1. The van der Waals surface area contributed by atoms with Crippen molar-refractivity contribution in [3.8, 4) is 11.8 Å². The van der Waals surface area contributed by atoms with E-state index in [1.807, 2.05) is 12.1 Å². The quantitative estimate of drug-likeness (QED) is 0.774. The van der Waals surface area contributed by atoms with Crippen molar-refractivity contribution >= 4 is 0 Å². The Morgan fingerprint density at radius 1 is 1.44 bits per heavy atom. The highest BCUT2D eigenvalue weighted by Gasteiger charge is 2.40. The van der Waals surface area contributed by atoms with Crippen LogP contribution < -0.4 is 4.74 Å². The Morgan fingerprint density at radius 2 is 2.19 bits per heavy atom. The molecule has 0 unspecified atom stereocenters. The van der Waals surface area contributed by atoms with Crippen molar-refractivity contribution in [2.45, 2.75) is 26.2 Å². The summed E-state index contributed by atoms with van der Waals surface area (Å²) in [5.41, 5.74) is 1.93. The zero-order valence-electron chi connectivity index (χ0n) is 10.0. The lowest BCUT2D eigenvalue weighted by atomic mass is 10.0. The molecule has 84 valence electrons. The SMILES string of the molecule is COc1cc([C@H]2C[C@@H]2C(C)C)ccc1C#N. The van der Waals surface area contributed by atoms with Gasteiger partial charge in [-0.2, -0.15) is 5.26 Å². The van der Waals surface area contributed by atoms with Crippen LogP contribution in [-0.2, 0) is 0 Å². The first-order valence-corrected chi connectivity index (χ1v) is 5.75. The Morgan fingerprint density at radius 3 is 2.69 bits per heavy atom. The van der Waals surface area contributed by atoms with E-state index >= 15 is 0 Å². The van der Waals surface area contributed by atoms with Crippen molar-refractivity contribution < 1.29 is 4.74 Å². The van der Waals surface area contributed by atoms with Gasteiger partial charge in [0.2, 0.25) is 0 Å². The molecule has 0 aliphatic heterocycles. The largest absolute Gasteiger partial charge is 0.495 e. The Balaban J connectivity index is 2.22. The highest BCUT2D eigenvalue weighted by Crippen LogP contribution is 2.52. The number of rotatable bonds is 3. The lowest BCUT2D eigenvalue weighted by molar-refractivity contribution is 0.412. The minimum absolute atomic E-state index is 0.619. The van der Waals surface area contributed by atoms with E-state index in [2.05, 4.69) is 26.0 Å². The molecule has 2 nitrogen and oxygen atoms in total. The van der Waals surface area contributed by atoms with Crippen LogP contribution >= 0.6 is 0 Å². The molecular formula is C14H17NO. The summed E-state index contributed by atoms with van der Waals surface area (Å²) in [5.74, 6) is 2.92. The van der Waals surface area contributed by atoms with E-state index in [-0.39, 0.29) is 0 Å². The third-order valence-electron chi connectivity index (χ3n) is 3.47. The predicted molar refractivity (Wildman–Crippen MR) is 63.4 cm³/mol. The highest BCUT2D eigenvalue weighted by molar-refractivity contribution is 5.47. The molecule has 0 bridgehead atoms. The van der Waals surface area contributed by atoms with Crippen LogP contribution in [0.4, 0.5) is 0 Å². The van der Waals surface area contributed by atoms with Crippen LogP contribution in [0.15, 0.2) is 18.2 Å². The average Bonchev–Trinajstić information content (AvgIpc) is 3.08. The third-order valence-corrected chi connectivity index (χ3v) is 3.47. The molecule has 0 saturated heterocycles. The summed E-state index contributed by atoms with van der Waals surface area (Å²) < 4.78 is 5.23. The first kappa shape index (κ1) is 11.0. The molecule has 1 fully saturated rings. The van der Waals surface area contributed by atoms with Gasteiger partial charge in [-0.25, -0.2) is 0 Å². The molecule has 2 rings (SSSR count). The van der Waals surface area contributed by atoms with Gasteiger partial charge in [0.05, 0.1) is 12.7 Å². The molecule has 0 aromatic heterocycles. The van der Waals surface area contributed by atoms with Crippen LogP contribution in [0.3, 0.4) is 0 Å². The summed E-state index contributed by atoms with van der Waals surface area (Å²) in [7, 11) is 1.62. The molecule has 0 amide bonds. The maximum atomic E-state index is 8.90. The zero-order valence-corrected chi connectivity index (χ0v) is 10.0. The summed E-state index contributed by atoms with van der Waals surface area (Å²) in [6.07, 6.45) is 1.27. The summed E-state index contributed by atoms with van der Waals surface area (Å²) in [6.45, 7) is 4.54. The third kappa shape index (κ3) is 1.90. The number of nitriles is 1. The van der Waals surface area contributed by atoms with Gasteiger partial charge in [-0.1, -0.05) is 19.9 Å². The van der Waals surface area contributed by atoms with E-state index in [4.69, 9.17) is 10.00 Å². The molecule has 0 N–H and O–H groups in total. The second kappa shape index (κ2) is 4.17. The maximum Gasteiger partial charge on any atom is 0.136 e. The van der Waals surface area contributed by atoms with Crippen LogP contribution in [0.5, 0.6) is 5.75 Å². The standard InChI is InChI=1S/C14H17NO/c1-9(2)12-7-13(12)10-4-5-11(8-15)14(6-10)16-3/h4-6,9,12-13H,7H2,1-3H3/t12-,13-/m1/s1. The Bertz CT molecular complexity index is 431. The van der Waals surface area contributed by atoms with E-state index in [9.17, 15) is 0 Å². The highest BCUT2D eigenvalue weighted by atomic mass is 16.5. The molecule has 2 atom stereocenters. The molecule has 1 aliphatic rings. The molecule has 2 heteroatoms. The Labute approximate surface area is 96.9 Å². The van der Waals surface area contributed by atoms with Crippen LogP contribution in [-0.4, -0.2) is 7.11 Å². The fraction of sp³-hybridized carbons (Fsp3) is 0.500. The summed E-state index contributed by atoms with van der Waals surface area (Å²) in [4.78, 5) is 0. The Hall–Kier alpha value is -1.49.